The molecule has 1 aromatic carbocycles. The summed E-state index contributed by atoms with van der Waals surface area (Å²) in [5.41, 5.74) is 0.576. The minimum atomic E-state index is -1.17. The van der Waals surface area contributed by atoms with Crippen LogP contribution in [-0.2, 0) is 0 Å². The van der Waals surface area contributed by atoms with Gasteiger partial charge in [0.2, 0.25) is 0 Å². The Bertz CT molecular complexity index is 665. The molecular formula is C12H9F2N3O2. The van der Waals surface area contributed by atoms with Gasteiger partial charge >= 0.3 is 5.97 Å². The molecular weight excluding hydrogens is 256 g/mol. The molecule has 98 valence electrons. The molecule has 5 nitrogen and oxygen atoms in total. The van der Waals surface area contributed by atoms with Crippen molar-refractivity contribution < 1.29 is 18.7 Å². The number of aromatic carboxylic acids is 1. The first-order valence-electron chi connectivity index (χ1n) is 5.72. The van der Waals surface area contributed by atoms with Crippen LogP contribution in [0.25, 0.3) is 5.69 Å². The molecule has 1 saturated carbocycles. The lowest BCUT2D eigenvalue weighted by molar-refractivity contribution is 0.0689. The summed E-state index contributed by atoms with van der Waals surface area (Å²) in [6, 6.07) is 3.29. The van der Waals surface area contributed by atoms with Crippen molar-refractivity contribution in [3.63, 3.8) is 0 Å². The molecule has 0 atom stereocenters. The van der Waals surface area contributed by atoms with Gasteiger partial charge in [-0.1, -0.05) is 5.21 Å². The maximum atomic E-state index is 13.2. The van der Waals surface area contributed by atoms with E-state index in [2.05, 4.69) is 10.3 Å². The van der Waals surface area contributed by atoms with Crippen molar-refractivity contribution in [3.8, 4) is 5.69 Å². The minimum absolute atomic E-state index is 0.0641. The van der Waals surface area contributed by atoms with Crippen molar-refractivity contribution in [1.29, 1.82) is 0 Å². The quantitative estimate of drug-likeness (QED) is 0.923. The first kappa shape index (κ1) is 11.8. The zero-order valence-electron chi connectivity index (χ0n) is 9.68. The number of hydrogen-bond acceptors (Lipinski definition) is 3. The number of halogens is 2. The maximum Gasteiger partial charge on any atom is 0.358 e. The first-order valence-corrected chi connectivity index (χ1v) is 5.72. The summed E-state index contributed by atoms with van der Waals surface area (Å²) in [5, 5.41) is 16.4. The molecule has 1 aliphatic rings. The lowest BCUT2D eigenvalue weighted by atomic mass is 10.2. The molecule has 3 rings (SSSR count). The van der Waals surface area contributed by atoms with E-state index in [9.17, 15) is 13.6 Å². The molecule has 1 aromatic heterocycles. The average Bonchev–Trinajstić information content (AvgIpc) is 3.11. The van der Waals surface area contributed by atoms with Gasteiger partial charge < -0.3 is 5.11 Å². The molecule has 7 heteroatoms. The fourth-order valence-electron chi connectivity index (χ4n) is 1.97. The normalized spacial score (nSPS) is 14.6. The summed E-state index contributed by atoms with van der Waals surface area (Å²) in [6.07, 6.45) is 1.69. The van der Waals surface area contributed by atoms with E-state index >= 15 is 0 Å². The largest absolute Gasteiger partial charge is 0.476 e. The van der Waals surface area contributed by atoms with E-state index in [1.165, 1.54) is 10.7 Å². The fourth-order valence-corrected chi connectivity index (χ4v) is 1.97. The van der Waals surface area contributed by atoms with Gasteiger partial charge in [0, 0.05) is 12.0 Å². The Balaban J connectivity index is 2.14. The number of hydrogen-bond donors (Lipinski definition) is 1. The number of carboxylic acid groups (broad SMARTS) is 1. The Hall–Kier alpha value is -2.31. The Morgan fingerprint density at radius 1 is 1.32 bits per heavy atom. The highest BCUT2D eigenvalue weighted by atomic mass is 19.2. The number of aromatic nitrogens is 3. The number of nitrogens with zero attached hydrogens (tertiary/aromatic N) is 3. The topological polar surface area (TPSA) is 68.0 Å². The van der Waals surface area contributed by atoms with Gasteiger partial charge in [-0.25, -0.2) is 18.3 Å². The first-order chi connectivity index (χ1) is 9.08. The molecule has 0 radical (unpaired) electrons. The SMILES string of the molecule is O=C(O)c1nnn(-c2ccc(F)c(F)c2)c1C1CC1. The van der Waals surface area contributed by atoms with Crippen LogP contribution in [0.1, 0.15) is 34.9 Å². The van der Waals surface area contributed by atoms with Gasteiger partial charge in [-0.3, -0.25) is 0 Å². The highest BCUT2D eigenvalue weighted by Crippen LogP contribution is 2.41. The molecule has 19 heavy (non-hydrogen) atoms. The number of carbonyl (C=O) groups is 1. The van der Waals surface area contributed by atoms with Crippen molar-refractivity contribution in [3.05, 3.63) is 41.2 Å². The summed E-state index contributed by atoms with van der Waals surface area (Å²) in [7, 11) is 0. The van der Waals surface area contributed by atoms with Gasteiger partial charge in [0.05, 0.1) is 11.4 Å². The van der Waals surface area contributed by atoms with E-state index in [1.54, 1.807) is 0 Å². The highest BCUT2D eigenvalue weighted by Gasteiger charge is 2.34. The smallest absolute Gasteiger partial charge is 0.358 e. The predicted molar refractivity (Wildman–Crippen MR) is 60.2 cm³/mol. The Morgan fingerprint density at radius 2 is 2.05 bits per heavy atom. The van der Waals surface area contributed by atoms with Crippen LogP contribution >= 0.6 is 0 Å². The predicted octanol–water partition coefficient (Wildman–Crippen LogP) is 2.12. The number of rotatable bonds is 3. The van der Waals surface area contributed by atoms with E-state index in [1.807, 2.05) is 0 Å². The summed E-state index contributed by atoms with van der Waals surface area (Å²) in [5.74, 6) is -3.08. The van der Waals surface area contributed by atoms with Gasteiger partial charge in [-0.05, 0) is 25.0 Å². The van der Waals surface area contributed by atoms with Crippen LogP contribution < -0.4 is 0 Å². The van der Waals surface area contributed by atoms with Gasteiger partial charge in [0.25, 0.3) is 0 Å². The Morgan fingerprint density at radius 3 is 2.63 bits per heavy atom. The molecule has 0 bridgehead atoms. The highest BCUT2D eigenvalue weighted by molar-refractivity contribution is 5.87. The third kappa shape index (κ3) is 1.96. The van der Waals surface area contributed by atoms with E-state index in [-0.39, 0.29) is 17.3 Å². The maximum absolute atomic E-state index is 13.2. The van der Waals surface area contributed by atoms with Crippen molar-refractivity contribution in [2.45, 2.75) is 18.8 Å². The monoisotopic (exact) mass is 265 g/mol. The molecule has 1 N–H and O–H groups in total. The lowest BCUT2D eigenvalue weighted by Crippen LogP contribution is -2.06. The Labute approximate surface area is 106 Å². The molecule has 1 heterocycles. The van der Waals surface area contributed by atoms with Crippen molar-refractivity contribution >= 4 is 5.97 Å². The van der Waals surface area contributed by atoms with Gasteiger partial charge in [0.15, 0.2) is 17.3 Å². The summed E-state index contributed by atoms with van der Waals surface area (Å²) >= 11 is 0. The fraction of sp³-hybridized carbons (Fsp3) is 0.250. The van der Waals surface area contributed by atoms with Gasteiger partial charge in [-0.15, -0.1) is 5.10 Å². The van der Waals surface area contributed by atoms with Crippen LogP contribution in [-0.4, -0.2) is 26.1 Å². The second-order valence-electron chi connectivity index (χ2n) is 4.41. The van der Waals surface area contributed by atoms with E-state index in [4.69, 9.17) is 5.11 Å². The lowest BCUT2D eigenvalue weighted by Gasteiger charge is -2.06. The summed E-state index contributed by atoms with van der Waals surface area (Å²) in [6.45, 7) is 0. The molecule has 0 aliphatic heterocycles. The van der Waals surface area contributed by atoms with Crippen LogP contribution in [0.15, 0.2) is 18.2 Å². The summed E-state index contributed by atoms with van der Waals surface area (Å²) < 4.78 is 27.4. The van der Waals surface area contributed by atoms with E-state index < -0.39 is 17.6 Å². The van der Waals surface area contributed by atoms with Crippen LogP contribution in [0, 0.1) is 11.6 Å². The summed E-state index contributed by atoms with van der Waals surface area (Å²) in [4.78, 5) is 11.1. The Kier molecular flexibility index (Phi) is 2.55. The molecule has 2 aromatic rings. The van der Waals surface area contributed by atoms with Crippen molar-refractivity contribution in [2.75, 3.05) is 0 Å². The van der Waals surface area contributed by atoms with E-state index in [0.717, 1.165) is 25.0 Å². The van der Waals surface area contributed by atoms with Crippen LogP contribution in [0.4, 0.5) is 8.78 Å². The minimum Gasteiger partial charge on any atom is -0.476 e. The molecule has 0 unspecified atom stereocenters. The van der Waals surface area contributed by atoms with Crippen molar-refractivity contribution in [2.24, 2.45) is 0 Å². The van der Waals surface area contributed by atoms with Gasteiger partial charge in [-0.2, -0.15) is 0 Å². The molecule has 1 aliphatic carbocycles. The molecule has 0 spiro atoms. The zero-order chi connectivity index (χ0) is 13.6. The average molecular weight is 265 g/mol. The third-order valence-electron chi connectivity index (χ3n) is 3.02. The third-order valence-corrected chi connectivity index (χ3v) is 3.02. The number of carboxylic acids is 1. The molecule has 1 fully saturated rings. The second-order valence-corrected chi connectivity index (χ2v) is 4.41. The van der Waals surface area contributed by atoms with Crippen molar-refractivity contribution in [1.82, 2.24) is 15.0 Å². The van der Waals surface area contributed by atoms with Crippen LogP contribution in [0.2, 0.25) is 0 Å². The molecule has 0 amide bonds. The number of benzene rings is 1. The van der Waals surface area contributed by atoms with Crippen LogP contribution in [0.3, 0.4) is 0 Å². The molecule has 0 saturated heterocycles. The standard InChI is InChI=1S/C12H9F2N3O2/c13-8-4-3-7(5-9(8)14)17-11(6-1-2-6)10(12(18)19)15-16-17/h3-6H,1-2H2,(H,18,19). The second kappa shape index (κ2) is 4.11. The van der Waals surface area contributed by atoms with Gasteiger partial charge in [0.1, 0.15) is 0 Å². The van der Waals surface area contributed by atoms with E-state index in [0.29, 0.717) is 5.69 Å². The van der Waals surface area contributed by atoms with Crippen LogP contribution in [0.5, 0.6) is 0 Å². The zero-order valence-corrected chi connectivity index (χ0v) is 9.68.